The first kappa shape index (κ1) is 13.8. The number of rotatable bonds is 5. The van der Waals surface area contributed by atoms with Crippen LogP contribution in [0.5, 0.6) is 5.75 Å². The summed E-state index contributed by atoms with van der Waals surface area (Å²) in [5.74, 6) is -0.275. The number of benzene rings is 1. The lowest BCUT2D eigenvalue weighted by atomic mass is 10.0. The summed E-state index contributed by atoms with van der Waals surface area (Å²) in [6, 6.07) is 4.43. The van der Waals surface area contributed by atoms with Gasteiger partial charge in [0.1, 0.15) is 0 Å². The van der Waals surface area contributed by atoms with Gasteiger partial charge >= 0.3 is 0 Å². The van der Waals surface area contributed by atoms with E-state index in [0.717, 1.165) is 12.8 Å². The van der Waals surface area contributed by atoms with Gasteiger partial charge in [-0.15, -0.1) is 0 Å². The van der Waals surface area contributed by atoms with Crippen LogP contribution < -0.4 is 15.8 Å². The van der Waals surface area contributed by atoms with Gasteiger partial charge in [-0.05, 0) is 37.5 Å². The first-order chi connectivity index (χ1) is 9.02. The second kappa shape index (κ2) is 5.17. The van der Waals surface area contributed by atoms with Crippen LogP contribution in [0, 0.1) is 11.2 Å². The monoisotopic (exact) mass is 266 g/mol. The predicted octanol–water partition coefficient (Wildman–Crippen LogP) is 1.75. The highest BCUT2D eigenvalue weighted by Gasteiger charge is 2.48. The van der Waals surface area contributed by atoms with Crippen LogP contribution in [0.4, 0.5) is 4.39 Å². The molecular formula is C14H19FN2O2. The van der Waals surface area contributed by atoms with Crippen molar-refractivity contribution in [1.29, 1.82) is 0 Å². The van der Waals surface area contributed by atoms with Crippen molar-refractivity contribution in [1.82, 2.24) is 5.32 Å². The van der Waals surface area contributed by atoms with Crippen LogP contribution in [0.1, 0.15) is 31.4 Å². The van der Waals surface area contributed by atoms with Crippen LogP contribution in [0.25, 0.3) is 0 Å². The lowest BCUT2D eigenvalue weighted by Gasteiger charge is -2.19. The average Bonchev–Trinajstić information content (AvgIpc) is 3.19. The van der Waals surface area contributed by atoms with E-state index in [-0.39, 0.29) is 23.1 Å². The van der Waals surface area contributed by atoms with Gasteiger partial charge in [-0.2, -0.15) is 0 Å². The Labute approximate surface area is 112 Å². The van der Waals surface area contributed by atoms with Gasteiger partial charge in [0.15, 0.2) is 11.6 Å². The van der Waals surface area contributed by atoms with E-state index in [1.54, 1.807) is 12.1 Å². The van der Waals surface area contributed by atoms with Crippen LogP contribution in [0.2, 0.25) is 0 Å². The predicted molar refractivity (Wildman–Crippen MR) is 70.2 cm³/mol. The lowest BCUT2D eigenvalue weighted by molar-refractivity contribution is -0.126. The average molecular weight is 266 g/mol. The number of hydrogen-bond donors (Lipinski definition) is 2. The summed E-state index contributed by atoms with van der Waals surface area (Å²) < 4.78 is 18.5. The van der Waals surface area contributed by atoms with E-state index in [1.165, 1.54) is 13.2 Å². The largest absolute Gasteiger partial charge is 0.494 e. The fourth-order valence-corrected chi connectivity index (χ4v) is 2.06. The molecule has 0 saturated heterocycles. The van der Waals surface area contributed by atoms with Crippen LogP contribution in [0.15, 0.2) is 18.2 Å². The Morgan fingerprint density at radius 2 is 2.26 bits per heavy atom. The van der Waals surface area contributed by atoms with Gasteiger partial charge in [0, 0.05) is 6.54 Å². The van der Waals surface area contributed by atoms with Gasteiger partial charge in [-0.25, -0.2) is 4.39 Å². The Hall–Kier alpha value is -1.62. The molecule has 0 heterocycles. The lowest BCUT2D eigenvalue weighted by Crippen LogP contribution is -2.37. The molecular weight excluding hydrogens is 247 g/mol. The Morgan fingerprint density at radius 3 is 2.74 bits per heavy atom. The highest BCUT2D eigenvalue weighted by Crippen LogP contribution is 2.45. The molecule has 1 aliphatic rings. The number of ether oxygens (including phenoxy) is 1. The van der Waals surface area contributed by atoms with Gasteiger partial charge < -0.3 is 15.8 Å². The molecule has 1 aromatic rings. The second-order valence-corrected chi connectivity index (χ2v) is 5.07. The molecule has 5 heteroatoms. The van der Waals surface area contributed by atoms with Crippen molar-refractivity contribution in [3.63, 3.8) is 0 Å². The quantitative estimate of drug-likeness (QED) is 0.853. The molecule has 0 spiro atoms. The molecule has 1 saturated carbocycles. The summed E-state index contributed by atoms with van der Waals surface area (Å²) in [5, 5.41) is 2.89. The Morgan fingerprint density at radius 1 is 1.58 bits per heavy atom. The van der Waals surface area contributed by atoms with E-state index in [2.05, 4.69) is 5.32 Å². The summed E-state index contributed by atoms with van der Waals surface area (Å²) in [6.07, 6.45) is 1.66. The zero-order chi connectivity index (χ0) is 14.0. The summed E-state index contributed by atoms with van der Waals surface area (Å²) in [5.41, 5.74) is 5.93. The molecule has 0 bridgehead atoms. The highest BCUT2D eigenvalue weighted by molar-refractivity contribution is 5.85. The first-order valence-electron chi connectivity index (χ1n) is 6.37. The third-order valence-electron chi connectivity index (χ3n) is 3.75. The second-order valence-electron chi connectivity index (χ2n) is 5.07. The number of carbonyl (C=O) groups excluding carboxylic acids is 1. The molecule has 1 amide bonds. The fourth-order valence-electron chi connectivity index (χ4n) is 2.06. The van der Waals surface area contributed by atoms with Crippen LogP contribution in [-0.2, 0) is 4.79 Å². The van der Waals surface area contributed by atoms with Crippen molar-refractivity contribution in [2.75, 3.05) is 13.7 Å². The summed E-state index contributed by atoms with van der Waals surface area (Å²) >= 11 is 0. The standard InChI is InChI=1S/C14H19FN2O2/c1-9(17-13(18)14(8-16)5-6-14)10-3-4-12(19-2)11(15)7-10/h3-4,7,9H,5-6,8,16H2,1-2H3,(H,17,18). The minimum Gasteiger partial charge on any atom is -0.494 e. The summed E-state index contributed by atoms with van der Waals surface area (Å²) in [6.45, 7) is 2.19. The minimum absolute atomic E-state index is 0.0428. The van der Waals surface area contributed by atoms with Crippen LogP contribution in [-0.4, -0.2) is 19.6 Å². The number of nitrogens with one attached hydrogen (secondary N) is 1. The maximum Gasteiger partial charge on any atom is 0.227 e. The Kier molecular flexibility index (Phi) is 3.75. The number of hydrogen-bond acceptors (Lipinski definition) is 3. The summed E-state index contributed by atoms with van der Waals surface area (Å²) in [7, 11) is 1.42. The number of nitrogens with two attached hydrogens (primary N) is 1. The molecule has 3 N–H and O–H groups in total. The van der Waals surface area contributed by atoms with E-state index < -0.39 is 5.82 Å². The van der Waals surface area contributed by atoms with Crippen molar-refractivity contribution in [2.24, 2.45) is 11.1 Å². The first-order valence-corrected chi connectivity index (χ1v) is 6.37. The van der Waals surface area contributed by atoms with Crippen molar-refractivity contribution < 1.29 is 13.9 Å². The van der Waals surface area contributed by atoms with Crippen molar-refractivity contribution in [3.05, 3.63) is 29.6 Å². The number of carbonyl (C=O) groups is 1. The van der Waals surface area contributed by atoms with E-state index in [9.17, 15) is 9.18 Å². The highest BCUT2D eigenvalue weighted by atomic mass is 19.1. The van der Waals surface area contributed by atoms with E-state index in [4.69, 9.17) is 10.5 Å². The zero-order valence-corrected chi connectivity index (χ0v) is 11.2. The van der Waals surface area contributed by atoms with E-state index in [0.29, 0.717) is 12.1 Å². The van der Waals surface area contributed by atoms with Crippen molar-refractivity contribution >= 4 is 5.91 Å². The zero-order valence-electron chi connectivity index (χ0n) is 11.2. The molecule has 1 aliphatic carbocycles. The molecule has 2 rings (SSSR count). The van der Waals surface area contributed by atoms with Gasteiger partial charge in [0.05, 0.1) is 18.6 Å². The third-order valence-corrected chi connectivity index (χ3v) is 3.75. The number of halogens is 1. The maximum absolute atomic E-state index is 13.6. The number of amides is 1. The molecule has 1 aromatic carbocycles. The molecule has 0 aromatic heterocycles. The Balaban J connectivity index is 2.06. The van der Waals surface area contributed by atoms with Crippen LogP contribution in [0.3, 0.4) is 0 Å². The van der Waals surface area contributed by atoms with E-state index in [1.807, 2.05) is 6.92 Å². The molecule has 104 valence electrons. The van der Waals surface area contributed by atoms with Gasteiger partial charge in [0.25, 0.3) is 0 Å². The molecule has 19 heavy (non-hydrogen) atoms. The van der Waals surface area contributed by atoms with E-state index >= 15 is 0 Å². The number of methoxy groups -OCH3 is 1. The molecule has 0 aliphatic heterocycles. The van der Waals surface area contributed by atoms with Gasteiger partial charge in [-0.3, -0.25) is 4.79 Å². The van der Waals surface area contributed by atoms with Gasteiger partial charge in [-0.1, -0.05) is 6.07 Å². The molecule has 1 unspecified atom stereocenters. The summed E-state index contributed by atoms with van der Waals surface area (Å²) in [4.78, 5) is 12.0. The SMILES string of the molecule is COc1ccc(C(C)NC(=O)C2(CN)CC2)cc1F. The fraction of sp³-hybridized carbons (Fsp3) is 0.500. The topological polar surface area (TPSA) is 64.3 Å². The van der Waals surface area contributed by atoms with Crippen LogP contribution >= 0.6 is 0 Å². The molecule has 1 fully saturated rings. The van der Waals surface area contributed by atoms with Gasteiger partial charge in [0.2, 0.25) is 5.91 Å². The smallest absolute Gasteiger partial charge is 0.227 e. The van der Waals surface area contributed by atoms with Crippen molar-refractivity contribution in [3.8, 4) is 5.75 Å². The Bertz CT molecular complexity index is 486. The normalized spacial score (nSPS) is 17.7. The maximum atomic E-state index is 13.6. The van der Waals surface area contributed by atoms with Crippen molar-refractivity contribution in [2.45, 2.75) is 25.8 Å². The molecule has 1 atom stereocenters. The minimum atomic E-state index is -0.430. The third kappa shape index (κ3) is 2.71. The molecule has 4 nitrogen and oxygen atoms in total. The molecule has 0 radical (unpaired) electrons.